The van der Waals surface area contributed by atoms with E-state index < -0.39 is 97.5 Å². The third-order valence-corrected chi connectivity index (χ3v) is 19.3. The number of phosphoric acid groups is 2. The number of unbranched alkanes of at least 4 members (excludes halogenated alkanes) is 44. The van der Waals surface area contributed by atoms with E-state index in [1.54, 1.807) is 0 Å². The SMILES string of the molecule is CCCCCCCCCCCCCCCCCCCCCC(=O)O[C@H](COC(=O)CCCCCCCCCCCCCCCCC)COP(=O)(O)OC[C@@H](O)COP(=O)(O)OC[C@@H](COC(=O)CCCCCCCCCC)OC(=O)CCCCCCCCC(C)CC. The van der Waals surface area contributed by atoms with E-state index in [-0.39, 0.29) is 25.7 Å². The molecule has 92 heavy (non-hydrogen) atoms. The predicted octanol–water partition coefficient (Wildman–Crippen LogP) is 21.3. The molecule has 0 aromatic carbocycles. The molecule has 0 saturated heterocycles. The van der Waals surface area contributed by atoms with Crippen LogP contribution in [-0.2, 0) is 65.4 Å². The largest absolute Gasteiger partial charge is 0.472 e. The van der Waals surface area contributed by atoms with Crippen molar-refractivity contribution in [2.24, 2.45) is 5.92 Å². The first-order valence-electron chi connectivity index (χ1n) is 38.2. The van der Waals surface area contributed by atoms with Crippen molar-refractivity contribution < 1.29 is 80.2 Å². The molecule has 0 heterocycles. The topological polar surface area (TPSA) is 237 Å². The van der Waals surface area contributed by atoms with Crippen molar-refractivity contribution in [3.63, 3.8) is 0 Å². The third-order valence-electron chi connectivity index (χ3n) is 17.4. The Bertz CT molecular complexity index is 1770. The van der Waals surface area contributed by atoms with Gasteiger partial charge in [0.1, 0.15) is 19.3 Å². The average molecular weight is 1350 g/mol. The fourth-order valence-electron chi connectivity index (χ4n) is 11.1. The van der Waals surface area contributed by atoms with Gasteiger partial charge in [-0.25, -0.2) is 9.13 Å². The molecule has 0 saturated carbocycles. The zero-order valence-electron chi connectivity index (χ0n) is 59.7. The Balaban J connectivity index is 5.19. The van der Waals surface area contributed by atoms with Crippen LogP contribution >= 0.6 is 15.6 Å². The Morgan fingerprint density at radius 1 is 0.304 bits per heavy atom. The van der Waals surface area contributed by atoms with Crippen molar-refractivity contribution in [1.29, 1.82) is 0 Å². The second kappa shape index (κ2) is 66.3. The van der Waals surface area contributed by atoms with Crippen molar-refractivity contribution in [2.75, 3.05) is 39.6 Å². The van der Waals surface area contributed by atoms with Gasteiger partial charge in [-0.05, 0) is 31.6 Å². The van der Waals surface area contributed by atoms with Crippen LogP contribution in [0.25, 0.3) is 0 Å². The van der Waals surface area contributed by atoms with Crippen molar-refractivity contribution in [3.05, 3.63) is 0 Å². The van der Waals surface area contributed by atoms with E-state index in [1.807, 2.05) is 0 Å². The quantitative estimate of drug-likeness (QED) is 0.0222. The van der Waals surface area contributed by atoms with Crippen LogP contribution in [0.4, 0.5) is 0 Å². The maximum Gasteiger partial charge on any atom is 0.472 e. The number of carbonyl (C=O) groups is 4. The van der Waals surface area contributed by atoms with E-state index in [1.165, 1.54) is 199 Å². The minimum atomic E-state index is -4.95. The van der Waals surface area contributed by atoms with Gasteiger partial charge in [0.15, 0.2) is 12.2 Å². The molecule has 0 rings (SSSR count). The molecular formula is C73H142O17P2. The molecule has 0 aromatic rings. The maximum atomic E-state index is 13.1. The predicted molar refractivity (Wildman–Crippen MR) is 372 cm³/mol. The van der Waals surface area contributed by atoms with Gasteiger partial charge < -0.3 is 33.8 Å². The lowest BCUT2D eigenvalue weighted by Gasteiger charge is -2.21. The molecule has 0 radical (unpaired) electrons. The average Bonchev–Trinajstić information content (AvgIpc) is 1.92. The van der Waals surface area contributed by atoms with Crippen LogP contribution in [0, 0.1) is 5.92 Å². The molecule has 0 aliphatic rings. The monoisotopic (exact) mass is 1350 g/mol. The third kappa shape index (κ3) is 65.4. The van der Waals surface area contributed by atoms with Crippen LogP contribution in [0.1, 0.15) is 381 Å². The molecule has 19 heteroatoms. The number of rotatable bonds is 73. The van der Waals surface area contributed by atoms with E-state index >= 15 is 0 Å². The highest BCUT2D eigenvalue weighted by Gasteiger charge is 2.30. The molecule has 6 atom stereocenters. The number of aliphatic hydroxyl groups excluding tert-OH is 1. The number of hydrogen-bond acceptors (Lipinski definition) is 15. The molecule has 0 aliphatic carbocycles. The van der Waals surface area contributed by atoms with Gasteiger partial charge in [0, 0.05) is 25.7 Å². The van der Waals surface area contributed by atoms with Crippen LogP contribution in [0.2, 0.25) is 0 Å². The molecule has 0 bridgehead atoms. The summed E-state index contributed by atoms with van der Waals surface area (Å²) in [5, 5.41) is 10.6. The van der Waals surface area contributed by atoms with Crippen LogP contribution in [0.15, 0.2) is 0 Å². The molecule has 17 nitrogen and oxygen atoms in total. The van der Waals surface area contributed by atoms with Gasteiger partial charge in [0.2, 0.25) is 0 Å². The normalized spacial score (nSPS) is 14.3. The summed E-state index contributed by atoms with van der Waals surface area (Å²) in [5.41, 5.74) is 0. The van der Waals surface area contributed by atoms with Crippen molar-refractivity contribution >= 4 is 39.5 Å². The molecule has 0 spiro atoms. The highest BCUT2D eigenvalue weighted by Crippen LogP contribution is 2.45. The summed E-state index contributed by atoms with van der Waals surface area (Å²) in [6.45, 7) is 7.19. The van der Waals surface area contributed by atoms with Crippen LogP contribution in [0.3, 0.4) is 0 Å². The molecular weight excluding hydrogens is 1210 g/mol. The number of ether oxygens (including phenoxy) is 4. The molecule has 3 unspecified atom stereocenters. The zero-order valence-corrected chi connectivity index (χ0v) is 61.5. The van der Waals surface area contributed by atoms with Crippen molar-refractivity contribution in [2.45, 2.75) is 400 Å². The van der Waals surface area contributed by atoms with Gasteiger partial charge in [-0.2, -0.15) is 0 Å². The van der Waals surface area contributed by atoms with Crippen LogP contribution in [-0.4, -0.2) is 96.7 Å². The lowest BCUT2D eigenvalue weighted by Crippen LogP contribution is -2.30. The number of carbonyl (C=O) groups excluding carboxylic acids is 4. The van der Waals surface area contributed by atoms with Crippen molar-refractivity contribution in [1.82, 2.24) is 0 Å². The van der Waals surface area contributed by atoms with Gasteiger partial charge >= 0.3 is 39.5 Å². The number of hydrogen-bond donors (Lipinski definition) is 3. The lowest BCUT2D eigenvalue weighted by atomic mass is 10.00. The molecule has 0 aromatic heterocycles. The number of aliphatic hydroxyl groups is 1. The Labute approximate surface area is 562 Å². The second-order valence-corrected chi connectivity index (χ2v) is 29.5. The summed E-state index contributed by atoms with van der Waals surface area (Å²) < 4.78 is 68.3. The van der Waals surface area contributed by atoms with Crippen LogP contribution in [0.5, 0.6) is 0 Å². The summed E-state index contributed by atoms with van der Waals surface area (Å²) in [5.74, 6) is -1.40. The maximum absolute atomic E-state index is 13.1. The van der Waals surface area contributed by atoms with E-state index in [0.717, 1.165) is 102 Å². The van der Waals surface area contributed by atoms with E-state index in [4.69, 9.17) is 37.0 Å². The smallest absolute Gasteiger partial charge is 0.462 e. The van der Waals surface area contributed by atoms with Gasteiger partial charge in [0.05, 0.1) is 26.4 Å². The summed E-state index contributed by atoms with van der Waals surface area (Å²) in [6.07, 6.45) is 54.3. The molecule has 0 fully saturated rings. The molecule has 0 aliphatic heterocycles. The Morgan fingerprint density at radius 2 is 0.522 bits per heavy atom. The second-order valence-electron chi connectivity index (χ2n) is 26.6. The number of esters is 4. The Kier molecular flexibility index (Phi) is 64.9. The molecule has 3 N–H and O–H groups in total. The van der Waals surface area contributed by atoms with E-state index in [0.29, 0.717) is 25.7 Å². The fourth-order valence-corrected chi connectivity index (χ4v) is 12.7. The summed E-state index contributed by atoms with van der Waals surface area (Å²) in [6, 6.07) is 0. The highest BCUT2D eigenvalue weighted by atomic mass is 31.2. The first kappa shape index (κ1) is 90.1. The van der Waals surface area contributed by atoms with Crippen LogP contribution < -0.4 is 0 Å². The summed E-state index contributed by atoms with van der Waals surface area (Å²) in [7, 11) is -9.90. The van der Waals surface area contributed by atoms with Gasteiger partial charge in [-0.3, -0.25) is 37.3 Å². The first-order valence-corrected chi connectivity index (χ1v) is 41.2. The summed E-state index contributed by atoms with van der Waals surface area (Å²) >= 11 is 0. The summed E-state index contributed by atoms with van der Waals surface area (Å²) in [4.78, 5) is 72.6. The lowest BCUT2D eigenvalue weighted by molar-refractivity contribution is -0.161. The molecule has 0 amide bonds. The fraction of sp³-hybridized carbons (Fsp3) is 0.945. The van der Waals surface area contributed by atoms with Gasteiger partial charge in [-0.15, -0.1) is 0 Å². The van der Waals surface area contributed by atoms with Gasteiger partial charge in [0.25, 0.3) is 0 Å². The zero-order chi connectivity index (χ0) is 67.7. The minimum absolute atomic E-state index is 0.103. The minimum Gasteiger partial charge on any atom is -0.462 e. The highest BCUT2D eigenvalue weighted by molar-refractivity contribution is 7.47. The Morgan fingerprint density at radius 3 is 0.772 bits per heavy atom. The number of phosphoric ester groups is 2. The van der Waals surface area contributed by atoms with E-state index in [9.17, 15) is 43.2 Å². The standard InChI is InChI=1S/C73H142O17P2/c1-6-10-13-16-19-22-24-26-28-29-30-31-33-35-37-39-42-48-53-58-72(77)89-68(62-84-71(76)57-52-47-41-38-36-34-32-27-25-23-20-17-14-11-7-2)64-87-91(79,80)85-60-67(74)61-86-92(81,82)88-65-69(63-83-70(75)56-51-46-40-21-18-15-12-8-3)90-73(78)59-54-49-44-43-45-50-55-66(5)9-4/h66-69,74H,6-65H2,1-5H3,(H,79,80)(H,81,82)/t66?,67-,68-,69-/m1/s1. The van der Waals surface area contributed by atoms with E-state index in [2.05, 4.69) is 34.6 Å². The first-order chi connectivity index (χ1) is 44.6. The Hall–Kier alpha value is -1.94. The van der Waals surface area contributed by atoms with Gasteiger partial charge in [-0.1, -0.05) is 330 Å². The molecule has 546 valence electrons. The van der Waals surface area contributed by atoms with Crippen molar-refractivity contribution in [3.8, 4) is 0 Å².